The van der Waals surface area contributed by atoms with Gasteiger partial charge in [0, 0.05) is 25.6 Å². The molecule has 2 N–H and O–H groups in total. The van der Waals surface area contributed by atoms with Crippen molar-refractivity contribution in [3.05, 3.63) is 65.0 Å². The van der Waals surface area contributed by atoms with Crippen molar-refractivity contribution in [3.63, 3.8) is 0 Å². The van der Waals surface area contributed by atoms with E-state index in [0.29, 0.717) is 29.5 Å². The first-order valence-corrected chi connectivity index (χ1v) is 11.0. The van der Waals surface area contributed by atoms with Crippen LogP contribution in [0.4, 0.5) is 16.4 Å². The van der Waals surface area contributed by atoms with Gasteiger partial charge in [0.15, 0.2) is 0 Å². The Bertz CT molecular complexity index is 1090. The fourth-order valence-corrected chi connectivity index (χ4v) is 4.69. The Balaban J connectivity index is 1.67. The fraction of sp³-hybridized carbons (Fsp3) is 0.250. The molecule has 1 saturated heterocycles. The average molecular weight is 436 g/mol. The molecule has 3 aromatic rings. The molecule has 2 heterocycles. The lowest BCUT2D eigenvalue weighted by Crippen LogP contribution is -2.35. The van der Waals surface area contributed by atoms with Gasteiger partial charge in [-0.25, -0.2) is 0 Å². The van der Waals surface area contributed by atoms with Crippen molar-refractivity contribution in [3.8, 4) is 11.1 Å². The Hall–Kier alpha value is -3.16. The molecule has 6 nitrogen and oxygen atoms in total. The highest BCUT2D eigenvalue weighted by molar-refractivity contribution is 7.18. The smallest absolute Gasteiger partial charge is 0.265 e. The predicted octanol–water partition coefficient (Wildman–Crippen LogP) is 4.77. The molecule has 7 heteroatoms. The van der Waals surface area contributed by atoms with E-state index in [1.807, 2.05) is 43.3 Å². The molecule has 0 unspecified atom stereocenters. The fourth-order valence-electron chi connectivity index (χ4n) is 3.56. The molecule has 0 saturated carbocycles. The Morgan fingerprint density at radius 3 is 2.42 bits per heavy atom. The highest BCUT2D eigenvalue weighted by Gasteiger charge is 2.22. The zero-order valence-electron chi connectivity index (χ0n) is 17.6. The van der Waals surface area contributed by atoms with Crippen LogP contribution in [0.5, 0.6) is 0 Å². The number of carbonyl (C=O) groups excluding carboxylic acids is 2. The lowest BCUT2D eigenvalue weighted by Gasteiger charge is -2.28. The number of nitrogens with one attached hydrogen (secondary N) is 2. The van der Waals surface area contributed by atoms with Crippen molar-refractivity contribution in [2.24, 2.45) is 0 Å². The van der Waals surface area contributed by atoms with Crippen LogP contribution >= 0.6 is 11.3 Å². The summed E-state index contributed by atoms with van der Waals surface area (Å²) < 4.78 is 5.51. The number of thiophene rings is 1. The zero-order valence-corrected chi connectivity index (χ0v) is 18.4. The topological polar surface area (TPSA) is 70.7 Å². The number of ether oxygens (including phenoxy) is 1. The number of rotatable bonds is 5. The van der Waals surface area contributed by atoms with Crippen LogP contribution in [-0.2, 0) is 9.53 Å². The monoisotopic (exact) mass is 435 g/mol. The van der Waals surface area contributed by atoms with E-state index in [9.17, 15) is 9.59 Å². The number of carbonyl (C=O) groups is 2. The minimum absolute atomic E-state index is 0.184. The lowest BCUT2D eigenvalue weighted by molar-refractivity contribution is -0.114. The molecule has 0 bridgehead atoms. The maximum atomic E-state index is 13.2. The molecule has 0 radical (unpaired) electrons. The summed E-state index contributed by atoms with van der Waals surface area (Å²) >= 11 is 1.48. The highest BCUT2D eigenvalue weighted by atomic mass is 32.1. The van der Waals surface area contributed by atoms with E-state index < -0.39 is 0 Å². The first kappa shape index (κ1) is 21.1. The quantitative estimate of drug-likeness (QED) is 0.606. The lowest BCUT2D eigenvalue weighted by atomic mass is 10.1. The van der Waals surface area contributed by atoms with Crippen molar-refractivity contribution < 1.29 is 14.3 Å². The minimum Gasteiger partial charge on any atom is -0.378 e. The molecule has 1 aliphatic rings. The summed E-state index contributed by atoms with van der Waals surface area (Å²) in [5, 5.41) is 6.84. The zero-order chi connectivity index (χ0) is 21.8. The molecular weight excluding hydrogens is 410 g/mol. The van der Waals surface area contributed by atoms with Crippen LogP contribution in [0.3, 0.4) is 0 Å². The minimum atomic E-state index is -0.195. The standard InChI is InChI=1S/C24H25N3O3S/c1-16-8-9-20(25-17(2)28)21(14-16)26-23(29)22-15-19(18-6-4-3-5-7-18)24(31-22)27-10-12-30-13-11-27/h3-9,14-15H,10-13H2,1-2H3,(H,25,28)(H,26,29). The van der Waals surface area contributed by atoms with Gasteiger partial charge in [0.05, 0.1) is 34.5 Å². The summed E-state index contributed by atoms with van der Waals surface area (Å²) in [6, 6.07) is 17.6. The van der Waals surface area contributed by atoms with E-state index in [2.05, 4.69) is 27.7 Å². The van der Waals surface area contributed by atoms with Crippen molar-refractivity contribution in [1.29, 1.82) is 0 Å². The molecular formula is C24H25N3O3S. The van der Waals surface area contributed by atoms with E-state index in [1.54, 1.807) is 6.07 Å². The largest absolute Gasteiger partial charge is 0.378 e. The maximum Gasteiger partial charge on any atom is 0.265 e. The first-order valence-electron chi connectivity index (χ1n) is 10.2. The molecule has 0 atom stereocenters. The molecule has 1 fully saturated rings. The van der Waals surface area contributed by atoms with Crippen LogP contribution in [0.15, 0.2) is 54.6 Å². The van der Waals surface area contributed by atoms with Gasteiger partial charge in [-0.05, 0) is 36.2 Å². The second-order valence-corrected chi connectivity index (χ2v) is 8.51. The first-order chi connectivity index (χ1) is 15.0. The molecule has 160 valence electrons. The number of benzene rings is 2. The van der Waals surface area contributed by atoms with Gasteiger partial charge in [-0.2, -0.15) is 0 Å². The van der Waals surface area contributed by atoms with Crippen LogP contribution in [0, 0.1) is 6.92 Å². The third-order valence-corrected chi connectivity index (χ3v) is 6.25. The van der Waals surface area contributed by atoms with Gasteiger partial charge in [-0.3, -0.25) is 9.59 Å². The SMILES string of the molecule is CC(=O)Nc1ccc(C)cc1NC(=O)c1cc(-c2ccccc2)c(N2CCOCC2)s1. The summed E-state index contributed by atoms with van der Waals surface area (Å²) in [4.78, 5) is 27.6. The summed E-state index contributed by atoms with van der Waals surface area (Å²) in [7, 11) is 0. The van der Waals surface area contributed by atoms with Crippen molar-refractivity contribution in [2.45, 2.75) is 13.8 Å². The van der Waals surface area contributed by atoms with Gasteiger partial charge >= 0.3 is 0 Å². The van der Waals surface area contributed by atoms with Gasteiger partial charge in [0.2, 0.25) is 5.91 Å². The van der Waals surface area contributed by atoms with Crippen LogP contribution < -0.4 is 15.5 Å². The Morgan fingerprint density at radius 2 is 1.71 bits per heavy atom. The summed E-state index contributed by atoms with van der Waals surface area (Å²) in [5.74, 6) is -0.379. The van der Waals surface area contributed by atoms with Gasteiger partial charge in [-0.15, -0.1) is 11.3 Å². The number of nitrogens with zero attached hydrogens (tertiary/aromatic N) is 1. The maximum absolute atomic E-state index is 13.2. The van der Waals surface area contributed by atoms with E-state index in [4.69, 9.17) is 4.74 Å². The Kier molecular flexibility index (Phi) is 6.34. The van der Waals surface area contributed by atoms with Crippen LogP contribution in [0.1, 0.15) is 22.2 Å². The molecule has 0 spiro atoms. The van der Waals surface area contributed by atoms with E-state index in [-0.39, 0.29) is 11.8 Å². The van der Waals surface area contributed by atoms with Crippen LogP contribution in [0.25, 0.3) is 11.1 Å². The third kappa shape index (κ3) is 4.95. The number of hydrogen-bond donors (Lipinski definition) is 2. The molecule has 1 aliphatic heterocycles. The average Bonchev–Trinajstić information content (AvgIpc) is 3.22. The van der Waals surface area contributed by atoms with Gasteiger partial charge in [0.1, 0.15) is 0 Å². The van der Waals surface area contributed by atoms with E-state index in [1.165, 1.54) is 18.3 Å². The van der Waals surface area contributed by atoms with Gasteiger partial charge in [0.25, 0.3) is 5.91 Å². The Morgan fingerprint density at radius 1 is 0.968 bits per heavy atom. The van der Waals surface area contributed by atoms with Crippen molar-refractivity contribution in [2.75, 3.05) is 41.8 Å². The third-order valence-electron chi connectivity index (χ3n) is 5.05. The molecule has 4 rings (SSSR count). The number of morpholine rings is 1. The Labute approximate surface area is 185 Å². The number of anilines is 3. The molecule has 2 aromatic carbocycles. The van der Waals surface area contributed by atoms with Gasteiger partial charge < -0.3 is 20.3 Å². The van der Waals surface area contributed by atoms with Crippen LogP contribution in [-0.4, -0.2) is 38.1 Å². The number of amides is 2. The summed E-state index contributed by atoms with van der Waals surface area (Å²) in [6.07, 6.45) is 0. The highest BCUT2D eigenvalue weighted by Crippen LogP contribution is 2.40. The van der Waals surface area contributed by atoms with E-state index >= 15 is 0 Å². The van der Waals surface area contributed by atoms with Crippen molar-refractivity contribution in [1.82, 2.24) is 0 Å². The number of aryl methyl sites for hydroxylation is 1. The summed E-state index contributed by atoms with van der Waals surface area (Å²) in [6.45, 7) is 6.35. The van der Waals surface area contributed by atoms with Crippen LogP contribution in [0.2, 0.25) is 0 Å². The van der Waals surface area contributed by atoms with Crippen molar-refractivity contribution >= 4 is 39.5 Å². The summed E-state index contributed by atoms with van der Waals surface area (Å²) in [5.41, 5.74) is 4.29. The predicted molar refractivity (Wildman–Crippen MR) is 126 cm³/mol. The van der Waals surface area contributed by atoms with Gasteiger partial charge in [-0.1, -0.05) is 36.4 Å². The second kappa shape index (κ2) is 9.32. The molecule has 31 heavy (non-hydrogen) atoms. The second-order valence-electron chi connectivity index (χ2n) is 7.48. The molecule has 2 amide bonds. The molecule has 0 aliphatic carbocycles. The number of hydrogen-bond acceptors (Lipinski definition) is 5. The molecule has 1 aromatic heterocycles. The van der Waals surface area contributed by atoms with E-state index in [0.717, 1.165) is 34.8 Å². The normalized spacial score (nSPS) is 13.7.